The monoisotopic (exact) mass is 380 g/mol. The number of rotatable bonds is 19. The first-order valence-electron chi connectivity index (χ1n) is 9.12. The van der Waals surface area contributed by atoms with Gasteiger partial charge in [0.15, 0.2) is 17.3 Å². The van der Waals surface area contributed by atoms with Crippen molar-refractivity contribution in [3.05, 3.63) is 38.0 Å². The fourth-order valence-corrected chi connectivity index (χ4v) is 2.12. The quantitative estimate of drug-likeness (QED) is 0.253. The predicted octanol–water partition coefficient (Wildman–Crippen LogP) is 2.87. The molecule has 27 heavy (non-hydrogen) atoms. The number of hydrogen-bond acceptors (Lipinski definition) is 6. The van der Waals surface area contributed by atoms with Crippen LogP contribution < -0.4 is 0 Å². The van der Waals surface area contributed by atoms with Crippen molar-refractivity contribution in [2.45, 2.75) is 32.6 Å². The van der Waals surface area contributed by atoms with Crippen molar-refractivity contribution in [2.24, 2.45) is 5.41 Å². The Morgan fingerprint density at radius 3 is 1.22 bits per heavy atom. The lowest BCUT2D eigenvalue weighted by Gasteiger charge is -2.32. The van der Waals surface area contributed by atoms with Crippen molar-refractivity contribution in [3.8, 4) is 0 Å². The molecule has 0 fully saturated rings. The highest BCUT2D eigenvalue weighted by atomic mass is 16.5. The fraction of sp³-hybridized carbons (Fsp3) is 0.571. The van der Waals surface area contributed by atoms with E-state index >= 15 is 0 Å². The Balaban J connectivity index is 4.59. The van der Waals surface area contributed by atoms with E-state index < -0.39 is 5.41 Å². The van der Waals surface area contributed by atoms with Crippen molar-refractivity contribution in [1.29, 1.82) is 0 Å². The Morgan fingerprint density at radius 1 is 0.704 bits per heavy atom. The van der Waals surface area contributed by atoms with Crippen LogP contribution in [-0.2, 0) is 28.6 Å². The molecule has 0 aromatic carbocycles. The molecule has 0 aromatic rings. The molecule has 152 valence electrons. The first kappa shape index (κ1) is 25.1. The minimum absolute atomic E-state index is 0.0736. The molecule has 0 amide bonds. The Bertz CT molecular complexity index is 439. The molecule has 0 atom stereocenters. The molecule has 0 spiro atoms. The SMILES string of the molecule is C=CC(=O)CCOCC(CC)(COCCC(=O)C=C)COCCC(=O)C=C. The lowest BCUT2D eigenvalue weighted by atomic mass is 9.88. The second-order valence-electron chi connectivity index (χ2n) is 6.27. The number of carbonyl (C=O) groups is 3. The molecule has 0 aliphatic rings. The van der Waals surface area contributed by atoms with E-state index in [9.17, 15) is 14.4 Å². The summed E-state index contributed by atoms with van der Waals surface area (Å²) in [5.74, 6) is -0.221. The number of ketones is 3. The van der Waals surface area contributed by atoms with E-state index in [1.807, 2.05) is 6.92 Å². The van der Waals surface area contributed by atoms with Gasteiger partial charge < -0.3 is 14.2 Å². The second-order valence-corrected chi connectivity index (χ2v) is 6.27. The Kier molecular flexibility index (Phi) is 14.1. The van der Waals surface area contributed by atoms with Crippen LogP contribution in [0.1, 0.15) is 32.6 Å². The molecule has 0 aliphatic carbocycles. The standard InChI is InChI=1S/C21H32O6/c1-5-18(22)9-12-25-15-21(8-4,16-26-13-10-19(23)6-2)17-27-14-11-20(24)7-3/h5-7H,1-3,8-17H2,4H3. The van der Waals surface area contributed by atoms with Crippen molar-refractivity contribution in [2.75, 3.05) is 39.6 Å². The van der Waals surface area contributed by atoms with E-state index in [4.69, 9.17) is 14.2 Å². The van der Waals surface area contributed by atoms with Gasteiger partial charge in [0.2, 0.25) is 0 Å². The minimum atomic E-state index is -0.425. The molecular formula is C21H32O6. The van der Waals surface area contributed by atoms with Crippen LogP contribution in [0.3, 0.4) is 0 Å². The van der Waals surface area contributed by atoms with Gasteiger partial charge in [-0.3, -0.25) is 14.4 Å². The van der Waals surface area contributed by atoms with Gasteiger partial charge in [-0.2, -0.15) is 0 Å². The molecule has 0 radical (unpaired) electrons. The third-order valence-corrected chi connectivity index (χ3v) is 4.14. The molecule has 0 N–H and O–H groups in total. The highest BCUT2D eigenvalue weighted by molar-refractivity contribution is 5.89. The largest absolute Gasteiger partial charge is 0.380 e. The van der Waals surface area contributed by atoms with Crippen molar-refractivity contribution in [3.63, 3.8) is 0 Å². The van der Waals surface area contributed by atoms with E-state index in [0.29, 0.717) is 26.2 Å². The highest BCUT2D eigenvalue weighted by Gasteiger charge is 2.30. The second kappa shape index (κ2) is 15.2. The molecule has 6 nitrogen and oxygen atoms in total. The fourth-order valence-electron chi connectivity index (χ4n) is 2.12. The smallest absolute Gasteiger partial charge is 0.157 e. The van der Waals surface area contributed by atoms with Crippen LogP contribution in [0, 0.1) is 5.41 Å². The van der Waals surface area contributed by atoms with Gasteiger partial charge >= 0.3 is 0 Å². The molecule has 6 heteroatoms. The maximum Gasteiger partial charge on any atom is 0.157 e. The van der Waals surface area contributed by atoms with Crippen LogP contribution in [0.25, 0.3) is 0 Å². The summed E-state index contributed by atoms with van der Waals surface area (Å²) in [5.41, 5.74) is -0.425. The van der Waals surface area contributed by atoms with E-state index in [0.717, 1.165) is 0 Å². The third-order valence-electron chi connectivity index (χ3n) is 4.14. The van der Waals surface area contributed by atoms with Gasteiger partial charge in [-0.25, -0.2) is 0 Å². The van der Waals surface area contributed by atoms with E-state index in [2.05, 4.69) is 19.7 Å². The van der Waals surface area contributed by atoms with Crippen LogP contribution in [0.15, 0.2) is 38.0 Å². The Morgan fingerprint density at radius 2 is 1.00 bits per heavy atom. The Hall–Kier alpha value is -1.89. The normalized spacial score (nSPS) is 11.0. The summed E-state index contributed by atoms with van der Waals surface area (Å²) in [6, 6.07) is 0. The molecule has 0 aromatic heterocycles. The minimum Gasteiger partial charge on any atom is -0.380 e. The summed E-state index contributed by atoms with van der Waals surface area (Å²) in [6.45, 7) is 14.2. The average molecular weight is 380 g/mol. The van der Waals surface area contributed by atoms with Crippen molar-refractivity contribution >= 4 is 17.3 Å². The number of allylic oxidation sites excluding steroid dienone is 3. The van der Waals surface area contributed by atoms with Gasteiger partial charge in [-0.1, -0.05) is 26.7 Å². The molecule has 0 saturated heterocycles. The predicted molar refractivity (Wildman–Crippen MR) is 105 cm³/mol. The number of ether oxygens (including phenoxy) is 3. The zero-order chi connectivity index (χ0) is 20.5. The topological polar surface area (TPSA) is 78.9 Å². The van der Waals surface area contributed by atoms with Gasteiger partial charge in [0, 0.05) is 24.7 Å². The van der Waals surface area contributed by atoms with Crippen LogP contribution in [0.5, 0.6) is 0 Å². The maximum atomic E-state index is 11.3. The summed E-state index contributed by atoms with van der Waals surface area (Å²) in [4.78, 5) is 33.9. The zero-order valence-electron chi connectivity index (χ0n) is 16.4. The summed E-state index contributed by atoms with van der Waals surface area (Å²) in [6.07, 6.45) is 5.35. The maximum absolute atomic E-state index is 11.3. The van der Waals surface area contributed by atoms with Crippen molar-refractivity contribution < 1.29 is 28.6 Å². The molecule has 0 unspecified atom stereocenters. The number of hydrogen-bond donors (Lipinski definition) is 0. The lowest BCUT2D eigenvalue weighted by Crippen LogP contribution is -2.37. The summed E-state index contributed by atoms with van der Waals surface area (Å²) in [7, 11) is 0. The van der Waals surface area contributed by atoms with Crippen molar-refractivity contribution in [1.82, 2.24) is 0 Å². The molecular weight excluding hydrogens is 348 g/mol. The van der Waals surface area contributed by atoms with E-state index in [1.54, 1.807) is 0 Å². The summed E-state index contributed by atoms with van der Waals surface area (Å²) in [5, 5.41) is 0. The first-order chi connectivity index (χ1) is 12.9. The van der Waals surface area contributed by atoms with Gasteiger partial charge in [0.05, 0.1) is 39.6 Å². The van der Waals surface area contributed by atoms with Crippen LogP contribution in [0.2, 0.25) is 0 Å². The van der Waals surface area contributed by atoms with Crippen LogP contribution in [0.4, 0.5) is 0 Å². The lowest BCUT2D eigenvalue weighted by molar-refractivity contribution is -0.117. The van der Waals surface area contributed by atoms with Crippen LogP contribution >= 0.6 is 0 Å². The molecule has 0 rings (SSSR count). The first-order valence-corrected chi connectivity index (χ1v) is 9.12. The Labute approximate surface area is 162 Å². The van der Waals surface area contributed by atoms with E-state index in [1.165, 1.54) is 18.2 Å². The van der Waals surface area contributed by atoms with Gasteiger partial charge in [-0.15, -0.1) is 0 Å². The van der Waals surface area contributed by atoms with Gasteiger partial charge in [0.25, 0.3) is 0 Å². The summed E-state index contributed by atoms with van der Waals surface area (Å²) >= 11 is 0. The molecule has 0 aliphatic heterocycles. The van der Waals surface area contributed by atoms with Gasteiger partial charge in [-0.05, 0) is 24.6 Å². The third kappa shape index (κ3) is 12.2. The average Bonchev–Trinajstić information content (AvgIpc) is 2.70. The van der Waals surface area contributed by atoms with Gasteiger partial charge in [0.1, 0.15) is 0 Å². The molecule has 0 heterocycles. The summed E-state index contributed by atoms with van der Waals surface area (Å²) < 4.78 is 17.0. The zero-order valence-corrected chi connectivity index (χ0v) is 16.4. The number of carbonyl (C=O) groups excluding carboxylic acids is 3. The van der Waals surface area contributed by atoms with E-state index in [-0.39, 0.29) is 56.4 Å². The molecule has 0 bridgehead atoms. The highest BCUT2D eigenvalue weighted by Crippen LogP contribution is 2.24. The molecule has 0 saturated carbocycles. The van der Waals surface area contributed by atoms with Crippen LogP contribution in [-0.4, -0.2) is 57.0 Å².